The van der Waals surface area contributed by atoms with Crippen LogP contribution in [0.4, 0.5) is 0 Å². The van der Waals surface area contributed by atoms with E-state index in [4.69, 9.17) is 14.3 Å². The van der Waals surface area contributed by atoms with E-state index in [-0.39, 0.29) is 0 Å². The smallest absolute Gasteiger partial charge is 0.119 e. The van der Waals surface area contributed by atoms with Crippen LogP contribution < -0.4 is 10.2 Å². The minimum Gasteiger partial charge on any atom is -0.497 e. The van der Waals surface area contributed by atoms with Crippen molar-refractivity contribution in [2.24, 2.45) is 0 Å². The highest BCUT2D eigenvalue weighted by molar-refractivity contribution is 5.29. The van der Waals surface area contributed by atoms with E-state index < -0.39 is 6.10 Å². The Balaban J connectivity index is 2.33. The molecule has 1 aromatic rings. The molecule has 0 aliphatic carbocycles. The normalized spacial score (nSPS) is 12.4. The van der Waals surface area contributed by atoms with Crippen molar-refractivity contribution < 1.29 is 19.4 Å². The van der Waals surface area contributed by atoms with Gasteiger partial charge in [-0.15, -0.1) is 0 Å². The molecule has 0 aromatic heterocycles. The highest BCUT2D eigenvalue weighted by Crippen LogP contribution is 2.18. The molecule has 0 spiro atoms. The lowest BCUT2D eigenvalue weighted by Gasteiger charge is -2.13. The van der Waals surface area contributed by atoms with Gasteiger partial charge in [-0.25, -0.2) is 0 Å². The average molecular weight is 241 g/mol. The number of aliphatic hydroxyl groups is 1. The van der Waals surface area contributed by atoms with E-state index in [0.29, 0.717) is 19.8 Å². The van der Waals surface area contributed by atoms with Gasteiger partial charge in [0.25, 0.3) is 0 Å². The fraction of sp³-hybridized carbons (Fsp3) is 0.500. The first-order valence-electron chi connectivity index (χ1n) is 5.43. The van der Waals surface area contributed by atoms with Crippen molar-refractivity contribution in [2.75, 3.05) is 34.0 Å². The van der Waals surface area contributed by atoms with E-state index in [2.05, 4.69) is 5.48 Å². The molecule has 17 heavy (non-hydrogen) atoms. The number of benzene rings is 1. The molecular weight excluding hydrogens is 222 g/mol. The van der Waals surface area contributed by atoms with E-state index in [1.54, 1.807) is 20.3 Å². The highest BCUT2D eigenvalue weighted by Gasteiger charge is 2.07. The zero-order valence-corrected chi connectivity index (χ0v) is 10.2. The maximum Gasteiger partial charge on any atom is 0.119 e. The largest absolute Gasteiger partial charge is 0.497 e. The molecule has 96 valence electrons. The van der Waals surface area contributed by atoms with Gasteiger partial charge in [-0.3, -0.25) is 4.84 Å². The summed E-state index contributed by atoms with van der Waals surface area (Å²) in [5, 5.41) is 9.87. The van der Waals surface area contributed by atoms with Crippen LogP contribution in [0.1, 0.15) is 11.7 Å². The molecule has 1 rings (SSSR count). The van der Waals surface area contributed by atoms with Crippen molar-refractivity contribution in [2.45, 2.75) is 6.10 Å². The molecule has 0 saturated heterocycles. The van der Waals surface area contributed by atoms with Gasteiger partial charge >= 0.3 is 0 Å². The van der Waals surface area contributed by atoms with E-state index in [1.165, 1.54) is 0 Å². The van der Waals surface area contributed by atoms with Gasteiger partial charge in [0.15, 0.2) is 0 Å². The molecule has 1 atom stereocenters. The van der Waals surface area contributed by atoms with Crippen LogP contribution in [0.3, 0.4) is 0 Å². The van der Waals surface area contributed by atoms with Crippen molar-refractivity contribution >= 4 is 0 Å². The second-order valence-corrected chi connectivity index (χ2v) is 3.48. The van der Waals surface area contributed by atoms with Gasteiger partial charge in [-0.1, -0.05) is 12.1 Å². The van der Waals surface area contributed by atoms with Crippen LogP contribution in [0.15, 0.2) is 24.3 Å². The Morgan fingerprint density at radius 3 is 2.82 bits per heavy atom. The van der Waals surface area contributed by atoms with Crippen LogP contribution in [0.25, 0.3) is 0 Å². The fourth-order valence-corrected chi connectivity index (χ4v) is 1.30. The van der Waals surface area contributed by atoms with Crippen LogP contribution in [0, 0.1) is 0 Å². The number of aliphatic hydroxyl groups excluding tert-OH is 1. The lowest BCUT2D eigenvalue weighted by Crippen LogP contribution is -2.23. The minimum absolute atomic E-state index is 0.316. The van der Waals surface area contributed by atoms with Gasteiger partial charge in [0.1, 0.15) is 5.75 Å². The van der Waals surface area contributed by atoms with E-state index in [0.717, 1.165) is 11.3 Å². The molecule has 5 heteroatoms. The first-order valence-corrected chi connectivity index (χ1v) is 5.43. The third kappa shape index (κ3) is 5.14. The van der Waals surface area contributed by atoms with Crippen molar-refractivity contribution in [3.63, 3.8) is 0 Å². The summed E-state index contributed by atoms with van der Waals surface area (Å²) < 4.78 is 9.90. The molecule has 0 fully saturated rings. The van der Waals surface area contributed by atoms with Crippen molar-refractivity contribution in [3.8, 4) is 5.75 Å². The molecule has 0 aliphatic heterocycles. The number of hydrogen-bond acceptors (Lipinski definition) is 5. The minimum atomic E-state index is -0.632. The van der Waals surface area contributed by atoms with Crippen LogP contribution in [0.5, 0.6) is 5.75 Å². The Labute approximate surface area is 101 Å². The summed E-state index contributed by atoms with van der Waals surface area (Å²) in [6, 6.07) is 7.30. The second-order valence-electron chi connectivity index (χ2n) is 3.48. The van der Waals surface area contributed by atoms with Crippen LogP contribution in [0.2, 0.25) is 0 Å². The van der Waals surface area contributed by atoms with Gasteiger partial charge < -0.3 is 14.6 Å². The van der Waals surface area contributed by atoms with Crippen molar-refractivity contribution in [3.05, 3.63) is 29.8 Å². The molecular formula is C12H19NO4. The van der Waals surface area contributed by atoms with Crippen molar-refractivity contribution in [1.29, 1.82) is 0 Å². The maximum absolute atomic E-state index is 9.87. The zero-order chi connectivity index (χ0) is 12.5. The number of hydroxylamine groups is 1. The predicted octanol–water partition coefficient (Wildman–Crippen LogP) is 0.896. The summed E-state index contributed by atoms with van der Waals surface area (Å²) in [4.78, 5) is 5.06. The summed E-state index contributed by atoms with van der Waals surface area (Å²) >= 11 is 0. The first kappa shape index (κ1) is 13.9. The molecule has 0 saturated carbocycles. The molecule has 1 aromatic carbocycles. The Morgan fingerprint density at radius 1 is 1.29 bits per heavy atom. The summed E-state index contributed by atoms with van der Waals surface area (Å²) in [6.45, 7) is 1.28. The number of ether oxygens (including phenoxy) is 2. The molecule has 5 nitrogen and oxygen atoms in total. The standard InChI is InChI=1S/C12H19NO4/c1-15-6-7-17-13-9-12(14)10-4-3-5-11(8-10)16-2/h3-5,8,12-14H,6-7,9H2,1-2H3. The molecule has 0 heterocycles. The quantitative estimate of drug-likeness (QED) is 0.523. The summed E-state index contributed by atoms with van der Waals surface area (Å²) in [5.41, 5.74) is 3.47. The summed E-state index contributed by atoms with van der Waals surface area (Å²) in [5.74, 6) is 0.724. The summed E-state index contributed by atoms with van der Waals surface area (Å²) in [7, 11) is 3.20. The van der Waals surface area contributed by atoms with Crippen LogP contribution in [-0.4, -0.2) is 39.1 Å². The second kappa shape index (κ2) is 8.03. The Bertz CT molecular complexity index is 319. The maximum atomic E-state index is 9.87. The third-order valence-corrected chi connectivity index (χ3v) is 2.25. The van der Waals surface area contributed by atoms with Crippen molar-refractivity contribution in [1.82, 2.24) is 5.48 Å². The van der Waals surface area contributed by atoms with Crippen LogP contribution in [-0.2, 0) is 9.57 Å². The Hall–Kier alpha value is -1.14. The third-order valence-electron chi connectivity index (χ3n) is 2.25. The van der Waals surface area contributed by atoms with Gasteiger partial charge in [0.2, 0.25) is 0 Å². The van der Waals surface area contributed by atoms with Gasteiger partial charge in [0, 0.05) is 7.11 Å². The monoisotopic (exact) mass is 241 g/mol. The SMILES string of the molecule is COCCONCC(O)c1cccc(OC)c1. The average Bonchev–Trinajstić information content (AvgIpc) is 2.38. The number of methoxy groups -OCH3 is 2. The Morgan fingerprint density at radius 2 is 2.12 bits per heavy atom. The lowest BCUT2D eigenvalue weighted by atomic mass is 10.1. The van der Waals surface area contributed by atoms with E-state index >= 15 is 0 Å². The van der Waals surface area contributed by atoms with Gasteiger partial charge in [-0.05, 0) is 17.7 Å². The molecule has 0 amide bonds. The zero-order valence-electron chi connectivity index (χ0n) is 10.2. The summed E-state index contributed by atoms with van der Waals surface area (Å²) in [6.07, 6.45) is -0.632. The van der Waals surface area contributed by atoms with E-state index in [1.807, 2.05) is 18.2 Å². The molecule has 0 radical (unpaired) electrons. The fourth-order valence-electron chi connectivity index (χ4n) is 1.30. The molecule has 1 unspecified atom stereocenters. The molecule has 2 N–H and O–H groups in total. The predicted molar refractivity (Wildman–Crippen MR) is 63.8 cm³/mol. The topological polar surface area (TPSA) is 60.0 Å². The number of hydrogen-bond donors (Lipinski definition) is 2. The molecule has 0 bridgehead atoms. The van der Waals surface area contributed by atoms with Gasteiger partial charge in [0.05, 0.1) is 33.0 Å². The number of rotatable bonds is 8. The highest BCUT2D eigenvalue weighted by atomic mass is 16.7. The van der Waals surface area contributed by atoms with E-state index in [9.17, 15) is 5.11 Å². The lowest BCUT2D eigenvalue weighted by molar-refractivity contribution is -0.0112. The van der Waals surface area contributed by atoms with Crippen LogP contribution >= 0.6 is 0 Å². The Kier molecular flexibility index (Phi) is 6.57. The van der Waals surface area contributed by atoms with Gasteiger partial charge in [-0.2, -0.15) is 5.48 Å². The molecule has 0 aliphatic rings. The number of nitrogens with one attached hydrogen (secondary N) is 1. The first-order chi connectivity index (χ1) is 8.27.